The molecule has 1 aromatic carbocycles. The Morgan fingerprint density at radius 1 is 1.32 bits per heavy atom. The van der Waals surface area contributed by atoms with Crippen LogP contribution in [0, 0.1) is 12.8 Å². The number of nitrogens with one attached hydrogen (secondary N) is 1. The fraction of sp³-hybridized carbons (Fsp3) is 0.647. The van der Waals surface area contributed by atoms with Crippen LogP contribution >= 0.6 is 0 Å². The maximum Gasteiger partial charge on any atom is 0.122 e. The third-order valence-electron chi connectivity index (χ3n) is 4.28. The minimum absolute atomic E-state index is 0.497. The molecule has 0 aromatic heterocycles. The number of hydrogen-bond acceptors (Lipinski definition) is 2. The summed E-state index contributed by atoms with van der Waals surface area (Å²) in [6, 6.07) is 7.17. The second kappa shape index (κ2) is 6.95. The zero-order chi connectivity index (χ0) is 13.7. The molecule has 1 atom stereocenters. The van der Waals surface area contributed by atoms with Crippen molar-refractivity contribution in [3.63, 3.8) is 0 Å². The molecule has 1 aliphatic rings. The van der Waals surface area contributed by atoms with Gasteiger partial charge in [0.15, 0.2) is 0 Å². The van der Waals surface area contributed by atoms with Gasteiger partial charge in [0.2, 0.25) is 0 Å². The average Bonchev–Trinajstić information content (AvgIpc) is 2.95. The molecular formula is C17H27NO. The number of rotatable bonds is 6. The van der Waals surface area contributed by atoms with E-state index in [1.807, 2.05) is 0 Å². The molecule has 0 amide bonds. The lowest BCUT2D eigenvalue weighted by atomic mass is 9.91. The standard InChI is InChI=1S/C17H27NO/c1-4-11-18-17(14-7-5-6-8-14)15-10-9-13(2)16(12-15)19-3/h9-10,12,14,17-18H,4-8,11H2,1-3H3. The van der Waals surface area contributed by atoms with Gasteiger partial charge in [0.1, 0.15) is 5.75 Å². The van der Waals surface area contributed by atoms with Crippen LogP contribution in [0.5, 0.6) is 5.75 Å². The number of aryl methyl sites for hydroxylation is 1. The highest BCUT2D eigenvalue weighted by molar-refractivity contribution is 5.38. The highest BCUT2D eigenvalue weighted by Crippen LogP contribution is 2.37. The first-order chi connectivity index (χ1) is 9.26. The van der Waals surface area contributed by atoms with Crippen LogP contribution in [0.3, 0.4) is 0 Å². The summed E-state index contributed by atoms with van der Waals surface area (Å²) in [5.74, 6) is 1.80. The van der Waals surface area contributed by atoms with Crippen LogP contribution < -0.4 is 10.1 Å². The lowest BCUT2D eigenvalue weighted by Crippen LogP contribution is -2.27. The first-order valence-corrected chi connectivity index (χ1v) is 7.64. The van der Waals surface area contributed by atoms with Crippen molar-refractivity contribution in [1.82, 2.24) is 5.32 Å². The summed E-state index contributed by atoms with van der Waals surface area (Å²) in [7, 11) is 1.76. The Balaban J connectivity index is 2.20. The second-order valence-electron chi connectivity index (χ2n) is 5.71. The maximum atomic E-state index is 5.48. The van der Waals surface area contributed by atoms with Crippen molar-refractivity contribution in [3.05, 3.63) is 29.3 Å². The van der Waals surface area contributed by atoms with E-state index in [2.05, 4.69) is 37.4 Å². The molecule has 2 heteroatoms. The zero-order valence-electron chi connectivity index (χ0n) is 12.5. The quantitative estimate of drug-likeness (QED) is 0.827. The minimum Gasteiger partial charge on any atom is -0.496 e. The molecule has 1 N–H and O–H groups in total. The van der Waals surface area contributed by atoms with Crippen LogP contribution in [0.1, 0.15) is 56.2 Å². The highest BCUT2D eigenvalue weighted by atomic mass is 16.5. The maximum absolute atomic E-state index is 5.48. The molecule has 0 spiro atoms. The summed E-state index contributed by atoms with van der Waals surface area (Å²) in [5.41, 5.74) is 2.61. The second-order valence-corrected chi connectivity index (χ2v) is 5.71. The SMILES string of the molecule is CCCNC(c1ccc(C)c(OC)c1)C1CCCC1. The van der Waals surface area contributed by atoms with Crippen molar-refractivity contribution in [2.24, 2.45) is 5.92 Å². The van der Waals surface area contributed by atoms with Crippen LogP contribution in [0.25, 0.3) is 0 Å². The Labute approximate surface area is 117 Å². The first kappa shape index (κ1) is 14.4. The molecule has 0 bridgehead atoms. The van der Waals surface area contributed by atoms with Crippen molar-refractivity contribution in [3.8, 4) is 5.75 Å². The van der Waals surface area contributed by atoms with Crippen molar-refractivity contribution < 1.29 is 4.74 Å². The highest BCUT2D eigenvalue weighted by Gasteiger charge is 2.26. The average molecular weight is 261 g/mol. The Bertz CT molecular complexity index is 396. The van der Waals surface area contributed by atoms with Gasteiger partial charge in [-0.1, -0.05) is 31.9 Å². The van der Waals surface area contributed by atoms with Gasteiger partial charge in [0.25, 0.3) is 0 Å². The molecule has 106 valence electrons. The molecule has 0 aliphatic heterocycles. The van der Waals surface area contributed by atoms with Crippen molar-refractivity contribution >= 4 is 0 Å². The third-order valence-corrected chi connectivity index (χ3v) is 4.28. The number of ether oxygens (including phenoxy) is 1. The number of hydrogen-bond donors (Lipinski definition) is 1. The summed E-state index contributed by atoms with van der Waals surface area (Å²) in [5, 5.41) is 3.74. The van der Waals surface area contributed by atoms with Crippen molar-refractivity contribution in [1.29, 1.82) is 0 Å². The van der Waals surface area contributed by atoms with E-state index in [1.54, 1.807) is 7.11 Å². The van der Waals surface area contributed by atoms with Crippen LogP contribution in [0.2, 0.25) is 0 Å². The fourth-order valence-electron chi connectivity index (χ4n) is 3.18. The number of benzene rings is 1. The topological polar surface area (TPSA) is 21.3 Å². The lowest BCUT2D eigenvalue weighted by Gasteiger charge is -2.26. The van der Waals surface area contributed by atoms with Gasteiger partial charge in [0.05, 0.1) is 7.11 Å². The predicted molar refractivity (Wildman–Crippen MR) is 80.7 cm³/mol. The van der Waals surface area contributed by atoms with Crippen LogP contribution in [-0.2, 0) is 0 Å². The lowest BCUT2D eigenvalue weighted by molar-refractivity contribution is 0.364. The Morgan fingerprint density at radius 2 is 2.05 bits per heavy atom. The Morgan fingerprint density at radius 3 is 2.68 bits per heavy atom. The van der Waals surface area contributed by atoms with Gasteiger partial charge in [-0.05, 0) is 55.8 Å². The summed E-state index contributed by atoms with van der Waals surface area (Å²) in [6.45, 7) is 5.43. The monoisotopic (exact) mass is 261 g/mol. The van der Waals surface area contributed by atoms with Crippen LogP contribution in [0.4, 0.5) is 0 Å². The summed E-state index contributed by atoms with van der Waals surface area (Å²) in [6.07, 6.45) is 6.68. The fourth-order valence-corrected chi connectivity index (χ4v) is 3.18. The molecular weight excluding hydrogens is 234 g/mol. The van der Waals surface area contributed by atoms with Gasteiger partial charge in [-0.15, -0.1) is 0 Å². The number of methoxy groups -OCH3 is 1. The zero-order valence-corrected chi connectivity index (χ0v) is 12.5. The van der Waals surface area contributed by atoms with E-state index >= 15 is 0 Å². The van der Waals surface area contributed by atoms with Crippen molar-refractivity contribution in [2.45, 2.75) is 52.0 Å². The smallest absolute Gasteiger partial charge is 0.122 e. The van der Waals surface area contributed by atoms with E-state index in [1.165, 1.54) is 43.2 Å². The third kappa shape index (κ3) is 3.50. The first-order valence-electron chi connectivity index (χ1n) is 7.64. The largest absolute Gasteiger partial charge is 0.496 e. The molecule has 1 aromatic rings. The molecule has 2 nitrogen and oxygen atoms in total. The molecule has 0 radical (unpaired) electrons. The van der Waals surface area contributed by atoms with E-state index in [4.69, 9.17) is 4.74 Å². The van der Waals surface area contributed by atoms with Crippen LogP contribution in [-0.4, -0.2) is 13.7 Å². The Hall–Kier alpha value is -1.02. The molecule has 1 aliphatic carbocycles. The molecule has 2 rings (SSSR count). The molecule has 1 saturated carbocycles. The molecule has 19 heavy (non-hydrogen) atoms. The van der Waals surface area contributed by atoms with Gasteiger partial charge in [-0.25, -0.2) is 0 Å². The molecule has 1 unspecified atom stereocenters. The normalized spacial score (nSPS) is 17.6. The van der Waals surface area contributed by atoms with Crippen molar-refractivity contribution in [2.75, 3.05) is 13.7 Å². The molecule has 0 heterocycles. The van der Waals surface area contributed by atoms with Crippen LogP contribution in [0.15, 0.2) is 18.2 Å². The summed E-state index contributed by atoms with van der Waals surface area (Å²) < 4.78 is 5.48. The van der Waals surface area contributed by atoms with E-state index < -0.39 is 0 Å². The summed E-state index contributed by atoms with van der Waals surface area (Å²) in [4.78, 5) is 0. The molecule has 1 fully saturated rings. The summed E-state index contributed by atoms with van der Waals surface area (Å²) >= 11 is 0. The van der Waals surface area contributed by atoms with Gasteiger partial charge in [-0.2, -0.15) is 0 Å². The van der Waals surface area contributed by atoms with Gasteiger partial charge in [0, 0.05) is 6.04 Å². The minimum atomic E-state index is 0.497. The van der Waals surface area contributed by atoms with Gasteiger partial charge >= 0.3 is 0 Å². The van der Waals surface area contributed by atoms with E-state index in [0.717, 1.165) is 18.2 Å². The van der Waals surface area contributed by atoms with E-state index in [0.29, 0.717) is 6.04 Å². The van der Waals surface area contributed by atoms with E-state index in [-0.39, 0.29) is 0 Å². The Kier molecular flexibility index (Phi) is 5.26. The molecule has 0 saturated heterocycles. The predicted octanol–water partition coefficient (Wildman–Crippen LogP) is 4.23. The van der Waals surface area contributed by atoms with E-state index in [9.17, 15) is 0 Å². The van der Waals surface area contributed by atoms with Gasteiger partial charge < -0.3 is 10.1 Å². The van der Waals surface area contributed by atoms with Gasteiger partial charge in [-0.3, -0.25) is 0 Å².